The van der Waals surface area contributed by atoms with E-state index in [0.717, 1.165) is 12.1 Å². The number of piperidine rings is 1. The van der Waals surface area contributed by atoms with Gasteiger partial charge in [0.2, 0.25) is 15.9 Å². The number of nitrogens with zero attached hydrogens (tertiary/aromatic N) is 3. The maximum atomic E-state index is 13.0. The van der Waals surface area contributed by atoms with Crippen LogP contribution in [0.3, 0.4) is 0 Å². The summed E-state index contributed by atoms with van der Waals surface area (Å²) in [6.45, 7) is 2.34. The van der Waals surface area contributed by atoms with E-state index in [1.165, 1.54) is 10.4 Å². The Bertz CT molecular complexity index is 1080. The highest BCUT2D eigenvalue weighted by Crippen LogP contribution is 2.32. The number of benzene rings is 2. The summed E-state index contributed by atoms with van der Waals surface area (Å²) in [4.78, 5) is 16.9. The van der Waals surface area contributed by atoms with Crippen molar-refractivity contribution in [2.45, 2.75) is 23.9 Å². The first-order valence-electron chi connectivity index (χ1n) is 10.9. The van der Waals surface area contributed by atoms with Crippen molar-refractivity contribution in [1.82, 2.24) is 9.21 Å². The Morgan fingerprint density at radius 3 is 2.09 bits per heavy atom. The molecule has 0 aromatic heterocycles. The summed E-state index contributed by atoms with van der Waals surface area (Å²) in [5.74, 6) is -0.247. The molecular formula is C23H26F3N3O3S. The lowest BCUT2D eigenvalue weighted by molar-refractivity contribution is -0.137. The van der Waals surface area contributed by atoms with Crippen LogP contribution < -0.4 is 4.90 Å². The topological polar surface area (TPSA) is 60.9 Å². The maximum Gasteiger partial charge on any atom is 0.416 e. The molecule has 2 aliphatic rings. The van der Waals surface area contributed by atoms with Gasteiger partial charge in [-0.15, -0.1) is 0 Å². The summed E-state index contributed by atoms with van der Waals surface area (Å²) in [5, 5.41) is 0. The number of piperazine rings is 1. The van der Waals surface area contributed by atoms with E-state index in [1.807, 2.05) is 4.90 Å². The second kappa shape index (κ2) is 9.34. The van der Waals surface area contributed by atoms with Gasteiger partial charge in [-0.25, -0.2) is 8.42 Å². The van der Waals surface area contributed by atoms with Crippen LogP contribution in [0.25, 0.3) is 0 Å². The predicted octanol–water partition coefficient (Wildman–Crippen LogP) is 3.45. The summed E-state index contributed by atoms with van der Waals surface area (Å²) in [6, 6.07) is 13.5. The summed E-state index contributed by atoms with van der Waals surface area (Å²) in [7, 11) is -3.57. The molecule has 0 atom stereocenters. The highest BCUT2D eigenvalue weighted by Gasteiger charge is 2.35. The van der Waals surface area contributed by atoms with E-state index in [0.29, 0.717) is 44.7 Å². The van der Waals surface area contributed by atoms with Crippen LogP contribution in [-0.4, -0.2) is 62.8 Å². The number of hydrogen-bond acceptors (Lipinski definition) is 4. The van der Waals surface area contributed by atoms with Crippen LogP contribution in [0.5, 0.6) is 0 Å². The normalized spacial score (nSPS) is 19.0. The molecule has 2 fully saturated rings. The Kier molecular flexibility index (Phi) is 6.67. The van der Waals surface area contributed by atoms with E-state index in [2.05, 4.69) is 0 Å². The van der Waals surface area contributed by atoms with Gasteiger partial charge in [0.15, 0.2) is 0 Å². The SMILES string of the molecule is O=C(C1CCN(S(=O)(=O)c2ccccc2)CC1)N1CCN(c2cccc(C(F)(F)F)c2)CC1. The summed E-state index contributed by atoms with van der Waals surface area (Å²) < 4.78 is 66.0. The smallest absolute Gasteiger partial charge is 0.368 e. The molecule has 4 rings (SSSR count). The third-order valence-corrected chi connectivity index (χ3v) is 8.23. The second-order valence-corrected chi connectivity index (χ2v) is 10.3. The van der Waals surface area contributed by atoms with E-state index in [9.17, 15) is 26.4 Å². The number of carbonyl (C=O) groups is 1. The van der Waals surface area contributed by atoms with Crippen molar-refractivity contribution in [3.63, 3.8) is 0 Å². The van der Waals surface area contributed by atoms with Gasteiger partial charge < -0.3 is 9.80 Å². The Morgan fingerprint density at radius 2 is 1.48 bits per heavy atom. The summed E-state index contributed by atoms with van der Waals surface area (Å²) >= 11 is 0. The van der Waals surface area contributed by atoms with Gasteiger partial charge >= 0.3 is 6.18 Å². The average molecular weight is 482 g/mol. The minimum Gasteiger partial charge on any atom is -0.368 e. The third-order valence-electron chi connectivity index (χ3n) is 6.31. The van der Waals surface area contributed by atoms with Gasteiger partial charge in [0.1, 0.15) is 0 Å². The lowest BCUT2D eigenvalue weighted by Gasteiger charge is -2.39. The van der Waals surface area contributed by atoms with Crippen LogP contribution in [0, 0.1) is 5.92 Å². The minimum absolute atomic E-state index is 0.00421. The van der Waals surface area contributed by atoms with E-state index in [1.54, 1.807) is 41.3 Å². The molecule has 2 saturated heterocycles. The fourth-order valence-corrected chi connectivity index (χ4v) is 5.90. The van der Waals surface area contributed by atoms with Crippen molar-refractivity contribution >= 4 is 21.6 Å². The zero-order valence-electron chi connectivity index (χ0n) is 18.0. The minimum atomic E-state index is -4.39. The fraction of sp³-hybridized carbons (Fsp3) is 0.435. The van der Waals surface area contributed by atoms with Crippen LogP contribution >= 0.6 is 0 Å². The number of hydrogen-bond donors (Lipinski definition) is 0. The molecule has 10 heteroatoms. The molecule has 0 spiro atoms. The van der Waals surface area contributed by atoms with Crippen LogP contribution in [0.1, 0.15) is 18.4 Å². The van der Waals surface area contributed by atoms with Crippen LogP contribution in [0.2, 0.25) is 0 Å². The van der Waals surface area contributed by atoms with E-state index in [4.69, 9.17) is 0 Å². The van der Waals surface area contributed by atoms with E-state index in [-0.39, 0.29) is 29.8 Å². The van der Waals surface area contributed by atoms with Crippen LogP contribution in [0.4, 0.5) is 18.9 Å². The van der Waals surface area contributed by atoms with Crippen molar-refractivity contribution in [3.05, 3.63) is 60.2 Å². The molecule has 2 aromatic rings. The lowest BCUT2D eigenvalue weighted by Crippen LogP contribution is -2.52. The molecule has 0 aliphatic carbocycles. The standard InChI is InChI=1S/C23H26F3N3O3S/c24-23(25,26)19-5-4-6-20(17-19)27-13-15-28(16-14-27)22(30)18-9-11-29(12-10-18)33(31,32)21-7-2-1-3-8-21/h1-8,17-18H,9-16H2. The molecule has 2 aliphatic heterocycles. The highest BCUT2D eigenvalue weighted by molar-refractivity contribution is 7.89. The molecule has 0 radical (unpaired) electrons. The highest BCUT2D eigenvalue weighted by atomic mass is 32.2. The molecule has 2 heterocycles. The molecule has 0 bridgehead atoms. The predicted molar refractivity (Wildman–Crippen MR) is 118 cm³/mol. The molecule has 178 valence electrons. The number of alkyl halides is 3. The first-order valence-corrected chi connectivity index (χ1v) is 12.4. The lowest BCUT2D eigenvalue weighted by atomic mass is 9.96. The Morgan fingerprint density at radius 1 is 0.848 bits per heavy atom. The number of amides is 1. The van der Waals surface area contributed by atoms with Gasteiger partial charge in [-0.1, -0.05) is 24.3 Å². The average Bonchev–Trinajstić information content (AvgIpc) is 2.84. The van der Waals surface area contributed by atoms with Gasteiger partial charge in [0, 0.05) is 50.9 Å². The third kappa shape index (κ3) is 5.16. The molecular weight excluding hydrogens is 455 g/mol. The maximum absolute atomic E-state index is 13.0. The van der Waals surface area contributed by atoms with Crippen molar-refractivity contribution in [1.29, 1.82) is 0 Å². The van der Waals surface area contributed by atoms with Crippen molar-refractivity contribution < 1.29 is 26.4 Å². The van der Waals surface area contributed by atoms with Gasteiger partial charge in [0.05, 0.1) is 10.5 Å². The number of rotatable bonds is 4. The number of carbonyl (C=O) groups excluding carboxylic acids is 1. The molecule has 1 amide bonds. The van der Waals surface area contributed by atoms with E-state index >= 15 is 0 Å². The summed E-state index contributed by atoms with van der Waals surface area (Å²) in [6.07, 6.45) is -3.48. The molecule has 0 unspecified atom stereocenters. The zero-order chi connectivity index (χ0) is 23.6. The number of halogens is 3. The largest absolute Gasteiger partial charge is 0.416 e. The van der Waals surface area contributed by atoms with Gasteiger partial charge in [-0.05, 0) is 43.2 Å². The fourth-order valence-electron chi connectivity index (χ4n) is 4.41. The van der Waals surface area contributed by atoms with Crippen LogP contribution in [0.15, 0.2) is 59.5 Å². The summed E-state index contributed by atoms with van der Waals surface area (Å²) in [5.41, 5.74) is -0.188. The van der Waals surface area contributed by atoms with Gasteiger partial charge in [0.25, 0.3) is 0 Å². The number of anilines is 1. The van der Waals surface area contributed by atoms with E-state index < -0.39 is 21.8 Å². The molecule has 0 N–H and O–H groups in total. The Balaban J connectivity index is 1.31. The molecule has 6 nitrogen and oxygen atoms in total. The first kappa shape index (κ1) is 23.6. The van der Waals surface area contributed by atoms with Crippen molar-refractivity contribution in [2.24, 2.45) is 5.92 Å². The number of sulfonamides is 1. The van der Waals surface area contributed by atoms with Crippen molar-refractivity contribution in [2.75, 3.05) is 44.2 Å². The quantitative estimate of drug-likeness (QED) is 0.671. The monoisotopic (exact) mass is 481 g/mol. The Hall–Kier alpha value is -2.59. The zero-order valence-corrected chi connectivity index (χ0v) is 18.9. The van der Waals surface area contributed by atoms with Crippen molar-refractivity contribution in [3.8, 4) is 0 Å². The Labute approximate surface area is 191 Å². The van der Waals surface area contributed by atoms with Crippen LogP contribution in [-0.2, 0) is 21.0 Å². The molecule has 0 saturated carbocycles. The molecule has 2 aromatic carbocycles. The second-order valence-electron chi connectivity index (χ2n) is 8.35. The van der Waals surface area contributed by atoms with Gasteiger partial charge in [-0.3, -0.25) is 4.79 Å². The molecule has 33 heavy (non-hydrogen) atoms. The van der Waals surface area contributed by atoms with Gasteiger partial charge in [-0.2, -0.15) is 17.5 Å². The first-order chi connectivity index (χ1) is 15.7.